The fourth-order valence-corrected chi connectivity index (χ4v) is 2.05. The molecule has 0 amide bonds. The molecule has 2 atom stereocenters. The van der Waals surface area contributed by atoms with E-state index >= 15 is 0 Å². The molecule has 18 heavy (non-hydrogen) atoms. The number of halogens is 2. The summed E-state index contributed by atoms with van der Waals surface area (Å²) in [6.07, 6.45) is 0.799. The van der Waals surface area contributed by atoms with Crippen molar-refractivity contribution in [2.75, 3.05) is 0 Å². The van der Waals surface area contributed by atoms with E-state index in [-0.39, 0.29) is 5.92 Å². The van der Waals surface area contributed by atoms with E-state index < -0.39 is 12.0 Å². The van der Waals surface area contributed by atoms with Gasteiger partial charge in [-0.05, 0) is 29.7 Å². The summed E-state index contributed by atoms with van der Waals surface area (Å²) in [6, 6.07) is 4.58. The van der Waals surface area contributed by atoms with E-state index in [0.29, 0.717) is 16.6 Å². The molecule has 0 spiro atoms. The Labute approximate surface area is 117 Å². The van der Waals surface area contributed by atoms with Crippen LogP contribution in [0.2, 0.25) is 10.0 Å². The third-order valence-electron chi connectivity index (χ3n) is 3.00. The molecule has 0 aliphatic rings. The standard InChI is InChI=1S/C13H17Cl2NO2/c1-3-8(2)12(13(17)18)16-7-9-6-10(14)4-5-11(9)15/h4-6,8,12,16H,3,7H2,1-2H3,(H,17,18)/t8-,12-/m0/s1. The van der Waals surface area contributed by atoms with Gasteiger partial charge in [0.1, 0.15) is 6.04 Å². The van der Waals surface area contributed by atoms with Gasteiger partial charge in [0.15, 0.2) is 0 Å². The number of rotatable bonds is 6. The molecule has 100 valence electrons. The lowest BCUT2D eigenvalue weighted by atomic mass is 9.99. The van der Waals surface area contributed by atoms with Gasteiger partial charge in [-0.25, -0.2) is 0 Å². The maximum Gasteiger partial charge on any atom is 0.320 e. The molecule has 0 fully saturated rings. The Kier molecular flexibility index (Phi) is 5.93. The number of benzene rings is 1. The van der Waals surface area contributed by atoms with E-state index in [1.165, 1.54) is 0 Å². The van der Waals surface area contributed by atoms with Crippen molar-refractivity contribution in [1.29, 1.82) is 0 Å². The van der Waals surface area contributed by atoms with Gasteiger partial charge >= 0.3 is 5.97 Å². The minimum absolute atomic E-state index is 0.0560. The molecule has 0 heterocycles. The van der Waals surface area contributed by atoms with E-state index in [1.54, 1.807) is 18.2 Å². The molecular formula is C13H17Cl2NO2. The summed E-state index contributed by atoms with van der Waals surface area (Å²) in [5.74, 6) is -0.789. The highest BCUT2D eigenvalue weighted by Crippen LogP contribution is 2.21. The first-order valence-corrected chi connectivity index (χ1v) is 6.61. The van der Waals surface area contributed by atoms with E-state index in [9.17, 15) is 4.79 Å². The van der Waals surface area contributed by atoms with Gasteiger partial charge in [0, 0.05) is 16.6 Å². The van der Waals surface area contributed by atoms with Crippen LogP contribution in [0.5, 0.6) is 0 Å². The topological polar surface area (TPSA) is 49.3 Å². The van der Waals surface area contributed by atoms with E-state index in [2.05, 4.69) is 5.32 Å². The van der Waals surface area contributed by atoms with Gasteiger partial charge in [0.25, 0.3) is 0 Å². The van der Waals surface area contributed by atoms with Crippen molar-refractivity contribution in [2.24, 2.45) is 5.92 Å². The molecule has 1 aromatic rings. The van der Waals surface area contributed by atoms with E-state index in [1.807, 2.05) is 13.8 Å². The molecule has 1 rings (SSSR count). The number of carbonyl (C=O) groups is 1. The molecule has 0 aliphatic heterocycles. The van der Waals surface area contributed by atoms with Crippen LogP contribution in [-0.2, 0) is 11.3 Å². The van der Waals surface area contributed by atoms with Gasteiger partial charge in [0.05, 0.1) is 0 Å². The quantitative estimate of drug-likeness (QED) is 0.842. The molecule has 0 bridgehead atoms. The molecule has 5 heteroatoms. The van der Waals surface area contributed by atoms with Crippen LogP contribution in [0.1, 0.15) is 25.8 Å². The molecule has 0 aliphatic carbocycles. The summed E-state index contributed by atoms with van der Waals surface area (Å²) in [4.78, 5) is 11.2. The first-order valence-electron chi connectivity index (χ1n) is 5.85. The number of nitrogens with one attached hydrogen (secondary N) is 1. The van der Waals surface area contributed by atoms with Crippen molar-refractivity contribution < 1.29 is 9.90 Å². The fourth-order valence-electron chi connectivity index (χ4n) is 1.67. The Morgan fingerprint density at radius 2 is 2.11 bits per heavy atom. The van der Waals surface area contributed by atoms with Crippen LogP contribution >= 0.6 is 23.2 Å². The largest absolute Gasteiger partial charge is 0.480 e. The van der Waals surface area contributed by atoms with Crippen molar-refractivity contribution in [3.8, 4) is 0 Å². The summed E-state index contributed by atoms with van der Waals surface area (Å²) in [7, 11) is 0. The van der Waals surface area contributed by atoms with Gasteiger partial charge in [-0.15, -0.1) is 0 Å². The number of carboxylic acid groups (broad SMARTS) is 1. The minimum Gasteiger partial charge on any atom is -0.480 e. The molecule has 0 aromatic heterocycles. The van der Waals surface area contributed by atoms with Crippen LogP contribution in [0.3, 0.4) is 0 Å². The Bertz CT molecular complexity index is 423. The zero-order chi connectivity index (χ0) is 13.7. The molecule has 0 saturated carbocycles. The summed E-state index contributed by atoms with van der Waals surface area (Å²) in [6.45, 7) is 4.26. The van der Waals surface area contributed by atoms with E-state index in [0.717, 1.165) is 12.0 Å². The normalized spacial score (nSPS) is 14.2. The highest BCUT2D eigenvalue weighted by Gasteiger charge is 2.22. The Morgan fingerprint density at radius 1 is 1.44 bits per heavy atom. The van der Waals surface area contributed by atoms with Gasteiger partial charge in [0.2, 0.25) is 0 Å². The van der Waals surface area contributed by atoms with Gasteiger partial charge in [-0.3, -0.25) is 4.79 Å². The lowest BCUT2D eigenvalue weighted by Gasteiger charge is -2.20. The molecule has 0 radical (unpaired) electrons. The maximum atomic E-state index is 11.2. The predicted molar refractivity (Wildman–Crippen MR) is 74.2 cm³/mol. The number of hydrogen-bond acceptors (Lipinski definition) is 2. The molecule has 3 nitrogen and oxygen atoms in total. The summed E-state index contributed by atoms with van der Waals surface area (Å²) < 4.78 is 0. The first kappa shape index (κ1) is 15.3. The molecular weight excluding hydrogens is 273 g/mol. The van der Waals surface area contributed by atoms with Crippen molar-refractivity contribution in [2.45, 2.75) is 32.9 Å². The van der Waals surface area contributed by atoms with Crippen LogP contribution < -0.4 is 5.32 Å². The van der Waals surface area contributed by atoms with Gasteiger partial charge in [-0.1, -0.05) is 43.5 Å². The second-order valence-corrected chi connectivity index (χ2v) is 5.16. The minimum atomic E-state index is -0.845. The Morgan fingerprint density at radius 3 is 2.67 bits per heavy atom. The highest BCUT2D eigenvalue weighted by atomic mass is 35.5. The van der Waals surface area contributed by atoms with Gasteiger partial charge in [-0.2, -0.15) is 0 Å². The zero-order valence-corrected chi connectivity index (χ0v) is 11.9. The molecule has 2 N–H and O–H groups in total. The average Bonchev–Trinajstić information content (AvgIpc) is 2.32. The van der Waals surface area contributed by atoms with Crippen molar-refractivity contribution in [3.63, 3.8) is 0 Å². The van der Waals surface area contributed by atoms with E-state index in [4.69, 9.17) is 28.3 Å². The second-order valence-electron chi connectivity index (χ2n) is 4.32. The molecule has 0 unspecified atom stereocenters. The SMILES string of the molecule is CC[C@H](C)[C@H](NCc1cc(Cl)ccc1Cl)C(=O)O. The van der Waals surface area contributed by atoms with Crippen LogP contribution in [0.25, 0.3) is 0 Å². The number of aliphatic carboxylic acids is 1. The van der Waals surface area contributed by atoms with Gasteiger partial charge < -0.3 is 10.4 Å². The van der Waals surface area contributed by atoms with Crippen molar-refractivity contribution in [1.82, 2.24) is 5.32 Å². The third-order valence-corrected chi connectivity index (χ3v) is 3.60. The zero-order valence-electron chi connectivity index (χ0n) is 10.4. The predicted octanol–water partition coefficient (Wildman–Crippen LogP) is 3.58. The average molecular weight is 290 g/mol. The Balaban J connectivity index is 2.73. The summed E-state index contributed by atoms with van der Waals surface area (Å²) in [5, 5.41) is 13.3. The summed E-state index contributed by atoms with van der Waals surface area (Å²) >= 11 is 11.9. The Hall–Kier alpha value is -0.770. The molecule has 1 aromatic carbocycles. The lowest BCUT2D eigenvalue weighted by Crippen LogP contribution is -2.41. The fraction of sp³-hybridized carbons (Fsp3) is 0.462. The highest BCUT2D eigenvalue weighted by molar-refractivity contribution is 6.33. The van der Waals surface area contributed by atoms with Crippen molar-refractivity contribution in [3.05, 3.63) is 33.8 Å². The first-order chi connectivity index (χ1) is 8.45. The second kappa shape index (κ2) is 6.98. The maximum absolute atomic E-state index is 11.2. The monoisotopic (exact) mass is 289 g/mol. The number of carboxylic acids is 1. The number of hydrogen-bond donors (Lipinski definition) is 2. The smallest absolute Gasteiger partial charge is 0.320 e. The van der Waals surface area contributed by atoms with Crippen LogP contribution in [0.4, 0.5) is 0 Å². The third kappa shape index (κ3) is 4.16. The van der Waals surface area contributed by atoms with Crippen LogP contribution in [0, 0.1) is 5.92 Å². The van der Waals surface area contributed by atoms with Crippen LogP contribution in [0.15, 0.2) is 18.2 Å². The molecule has 0 saturated heterocycles. The van der Waals surface area contributed by atoms with Crippen LogP contribution in [-0.4, -0.2) is 17.1 Å². The summed E-state index contributed by atoms with van der Waals surface area (Å²) in [5.41, 5.74) is 0.804. The van der Waals surface area contributed by atoms with Crippen molar-refractivity contribution >= 4 is 29.2 Å². The lowest BCUT2D eigenvalue weighted by molar-refractivity contribution is -0.140.